The summed E-state index contributed by atoms with van der Waals surface area (Å²) in [6.07, 6.45) is 2.22. The van der Waals surface area contributed by atoms with E-state index < -0.39 is 0 Å². The van der Waals surface area contributed by atoms with Gasteiger partial charge in [0.15, 0.2) is 0 Å². The molecule has 0 spiro atoms. The second kappa shape index (κ2) is 6.06. The van der Waals surface area contributed by atoms with Gasteiger partial charge in [-0.25, -0.2) is 0 Å². The molecule has 2 heteroatoms. The quantitative estimate of drug-likeness (QED) is 0.530. The van der Waals surface area contributed by atoms with Crippen molar-refractivity contribution in [3.63, 3.8) is 0 Å². The van der Waals surface area contributed by atoms with E-state index in [1.54, 1.807) is 0 Å². The zero-order valence-electron chi connectivity index (χ0n) is 11.3. The van der Waals surface area contributed by atoms with Gasteiger partial charge in [0.25, 0.3) is 0 Å². The number of allylic oxidation sites excluding steroid dienone is 1. The summed E-state index contributed by atoms with van der Waals surface area (Å²) >= 11 is 7.07. The monoisotopic (exact) mass is 378 g/mol. The van der Waals surface area contributed by atoms with Gasteiger partial charge in [-0.15, -0.1) is 0 Å². The van der Waals surface area contributed by atoms with Crippen LogP contribution in [0, 0.1) is 13.8 Å². The molecule has 0 aromatic heterocycles. The average Bonchev–Trinajstić information content (AvgIpc) is 2.37. The molecule has 2 aromatic rings. The Balaban J connectivity index is 2.36. The summed E-state index contributed by atoms with van der Waals surface area (Å²) in [5.74, 6) is 0. The molecule has 19 heavy (non-hydrogen) atoms. The Labute approximate surface area is 131 Å². The van der Waals surface area contributed by atoms with Crippen LogP contribution in [0.3, 0.4) is 0 Å². The number of hydrogen-bond donors (Lipinski definition) is 0. The van der Waals surface area contributed by atoms with Gasteiger partial charge in [-0.2, -0.15) is 0 Å². The van der Waals surface area contributed by atoms with Crippen molar-refractivity contribution in [2.24, 2.45) is 0 Å². The summed E-state index contributed by atoms with van der Waals surface area (Å²) < 4.78 is 2.31. The number of halogens is 2. The van der Waals surface area contributed by atoms with E-state index >= 15 is 0 Å². The largest absolute Gasteiger partial charge is 0.0538 e. The van der Waals surface area contributed by atoms with E-state index in [2.05, 4.69) is 95.1 Å². The molecule has 98 valence electrons. The van der Waals surface area contributed by atoms with Crippen molar-refractivity contribution < 1.29 is 0 Å². The van der Waals surface area contributed by atoms with Gasteiger partial charge in [0.2, 0.25) is 0 Å². The van der Waals surface area contributed by atoms with Crippen LogP contribution in [0.2, 0.25) is 0 Å². The van der Waals surface area contributed by atoms with Crippen molar-refractivity contribution in [2.45, 2.75) is 20.8 Å². The molecule has 0 nitrogen and oxygen atoms in total. The van der Waals surface area contributed by atoms with Crippen LogP contribution in [0.4, 0.5) is 0 Å². The van der Waals surface area contributed by atoms with Gasteiger partial charge in [0.1, 0.15) is 0 Å². The average molecular weight is 380 g/mol. The van der Waals surface area contributed by atoms with Gasteiger partial charge in [0, 0.05) is 8.95 Å². The lowest BCUT2D eigenvalue weighted by atomic mass is 10.0. The summed E-state index contributed by atoms with van der Waals surface area (Å²) in [5.41, 5.74) is 6.29. The van der Waals surface area contributed by atoms with Crippen molar-refractivity contribution in [3.05, 3.63) is 67.6 Å². The fourth-order valence-electron chi connectivity index (χ4n) is 1.98. The molecule has 2 rings (SSSR count). The van der Waals surface area contributed by atoms with Crippen LogP contribution < -0.4 is 0 Å². The maximum Gasteiger partial charge on any atom is 0.0204 e. The van der Waals surface area contributed by atoms with E-state index in [0.29, 0.717) is 0 Å². The minimum Gasteiger partial charge on any atom is -0.0538 e. The number of rotatable bonds is 2. The molecule has 0 heterocycles. The topological polar surface area (TPSA) is 0 Å². The third-order valence-electron chi connectivity index (χ3n) is 3.18. The Kier molecular flexibility index (Phi) is 4.64. The molecule has 0 aliphatic rings. The Morgan fingerprint density at radius 3 is 2.05 bits per heavy atom. The molecule has 0 atom stereocenters. The SMILES string of the molecule is CC(=Cc1ccc(Br)c(C)c1)c1ccc(Br)c(C)c1. The highest BCUT2D eigenvalue weighted by Gasteiger charge is 2.01. The maximum atomic E-state index is 3.54. The second-order valence-electron chi connectivity index (χ2n) is 4.80. The summed E-state index contributed by atoms with van der Waals surface area (Å²) in [7, 11) is 0. The summed E-state index contributed by atoms with van der Waals surface area (Å²) in [4.78, 5) is 0. The van der Waals surface area contributed by atoms with Crippen LogP contribution in [0.15, 0.2) is 45.3 Å². The lowest BCUT2D eigenvalue weighted by molar-refractivity contribution is 1.40. The minimum atomic E-state index is 1.15. The summed E-state index contributed by atoms with van der Waals surface area (Å²) in [6.45, 7) is 6.38. The van der Waals surface area contributed by atoms with Crippen molar-refractivity contribution >= 4 is 43.5 Å². The Bertz CT molecular complexity index is 640. The van der Waals surface area contributed by atoms with Crippen LogP contribution >= 0.6 is 31.9 Å². The Morgan fingerprint density at radius 2 is 1.47 bits per heavy atom. The normalized spacial score (nSPS) is 11.7. The van der Waals surface area contributed by atoms with E-state index in [9.17, 15) is 0 Å². The first-order valence-corrected chi connectivity index (χ1v) is 7.77. The molecule has 0 radical (unpaired) electrons. The van der Waals surface area contributed by atoms with Crippen molar-refractivity contribution in [3.8, 4) is 0 Å². The second-order valence-corrected chi connectivity index (χ2v) is 6.51. The van der Waals surface area contributed by atoms with Gasteiger partial charge in [-0.1, -0.05) is 62.2 Å². The zero-order chi connectivity index (χ0) is 14.0. The van der Waals surface area contributed by atoms with Crippen molar-refractivity contribution in [1.29, 1.82) is 0 Å². The first-order chi connectivity index (χ1) is 8.97. The molecule has 0 saturated heterocycles. The molecule has 0 aliphatic carbocycles. The van der Waals surface area contributed by atoms with Crippen LogP contribution in [0.1, 0.15) is 29.2 Å². The van der Waals surface area contributed by atoms with E-state index in [4.69, 9.17) is 0 Å². The smallest absolute Gasteiger partial charge is 0.0204 e. The maximum absolute atomic E-state index is 3.54. The first-order valence-electron chi connectivity index (χ1n) is 6.18. The third kappa shape index (κ3) is 3.58. The van der Waals surface area contributed by atoms with Gasteiger partial charge < -0.3 is 0 Å². The standard InChI is InChI=1S/C17H16Br2/c1-11(15-5-7-17(19)13(3)10-15)8-14-4-6-16(18)12(2)9-14/h4-10H,1-3H3. The zero-order valence-corrected chi connectivity index (χ0v) is 14.5. The Morgan fingerprint density at radius 1 is 0.895 bits per heavy atom. The van der Waals surface area contributed by atoms with E-state index in [1.165, 1.54) is 27.8 Å². The molecular weight excluding hydrogens is 364 g/mol. The van der Waals surface area contributed by atoms with Crippen molar-refractivity contribution in [1.82, 2.24) is 0 Å². The highest BCUT2D eigenvalue weighted by molar-refractivity contribution is 9.10. The molecule has 0 amide bonds. The van der Waals surface area contributed by atoms with E-state index in [0.717, 1.165) is 8.95 Å². The van der Waals surface area contributed by atoms with Crippen LogP contribution in [-0.4, -0.2) is 0 Å². The highest BCUT2D eigenvalue weighted by atomic mass is 79.9. The lowest BCUT2D eigenvalue weighted by Crippen LogP contribution is -1.84. The fourth-order valence-corrected chi connectivity index (χ4v) is 2.47. The highest BCUT2D eigenvalue weighted by Crippen LogP contribution is 2.24. The first kappa shape index (κ1) is 14.5. The van der Waals surface area contributed by atoms with Crippen LogP contribution in [0.25, 0.3) is 11.6 Å². The third-order valence-corrected chi connectivity index (χ3v) is 4.96. The minimum absolute atomic E-state index is 1.15. The summed E-state index contributed by atoms with van der Waals surface area (Å²) in [6, 6.07) is 12.9. The summed E-state index contributed by atoms with van der Waals surface area (Å²) in [5, 5.41) is 0. The van der Waals surface area contributed by atoms with Crippen molar-refractivity contribution in [2.75, 3.05) is 0 Å². The number of hydrogen-bond acceptors (Lipinski definition) is 0. The molecular formula is C17H16Br2. The lowest BCUT2D eigenvalue weighted by Gasteiger charge is -2.06. The number of aryl methyl sites for hydroxylation is 2. The van der Waals surface area contributed by atoms with E-state index in [-0.39, 0.29) is 0 Å². The molecule has 2 aromatic carbocycles. The van der Waals surface area contributed by atoms with Crippen LogP contribution in [-0.2, 0) is 0 Å². The fraction of sp³-hybridized carbons (Fsp3) is 0.176. The molecule has 0 fully saturated rings. The molecule has 0 bridgehead atoms. The van der Waals surface area contributed by atoms with Gasteiger partial charge in [0.05, 0.1) is 0 Å². The predicted molar refractivity (Wildman–Crippen MR) is 91.3 cm³/mol. The van der Waals surface area contributed by atoms with Gasteiger partial charge >= 0.3 is 0 Å². The van der Waals surface area contributed by atoms with Crippen LogP contribution in [0.5, 0.6) is 0 Å². The molecule has 0 unspecified atom stereocenters. The van der Waals surface area contributed by atoms with Gasteiger partial charge in [-0.05, 0) is 60.7 Å². The number of benzene rings is 2. The molecule has 0 N–H and O–H groups in total. The van der Waals surface area contributed by atoms with E-state index in [1.807, 2.05) is 0 Å². The van der Waals surface area contributed by atoms with Gasteiger partial charge in [-0.3, -0.25) is 0 Å². The molecule has 0 saturated carbocycles. The molecule has 0 aliphatic heterocycles. The predicted octanol–water partition coefficient (Wildman–Crippen LogP) is 6.39. The Hall–Kier alpha value is -0.860.